The van der Waals surface area contributed by atoms with E-state index >= 15 is 0 Å². The van der Waals surface area contributed by atoms with E-state index in [0.29, 0.717) is 11.1 Å². The number of carbonyl (C=O) groups excluding carboxylic acids is 1. The number of halogens is 3. The molecular formula is C17H16F3N3O. The molecule has 0 aromatic heterocycles. The minimum Gasteiger partial charge on any atom is -0.398 e. The predicted octanol–water partition coefficient (Wildman–Crippen LogP) is 3.65. The molecule has 0 fully saturated rings. The first-order valence-electron chi connectivity index (χ1n) is 6.98. The molecule has 24 heavy (non-hydrogen) atoms. The Kier molecular flexibility index (Phi) is 4.64. The first-order chi connectivity index (χ1) is 11.1. The SMILES string of the molecule is CN(C)C(=O)c1ccc(-c2cc(C(F)(F)F)cc(N)c2C=N)cc1. The Morgan fingerprint density at radius 1 is 1.17 bits per heavy atom. The number of nitrogen functional groups attached to an aromatic ring is 1. The van der Waals surface area contributed by atoms with Crippen molar-refractivity contribution in [1.82, 2.24) is 4.90 Å². The van der Waals surface area contributed by atoms with Crippen LogP contribution < -0.4 is 5.73 Å². The van der Waals surface area contributed by atoms with Crippen molar-refractivity contribution in [1.29, 1.82) is 5.41 Å². The van der Waals surface area contributed by atoms with Crippen LogP contribution in [-0.2, 0) is 6.18 Å². The van der Waals surface area contributed by atoms with E-state index < -0.39 is 11.7 Å². The van der Waals surface area contributed by atoms with Crippen LogP contribution >= 0.6 is 0 Å². The molecule has 0 spiro atoms. The summed E-state index contributed by atoms with van der Waals surface area (Å²) in [7, 11) is 3.22. The Hall–Kier alpha value is -2.83. The summed E-state index contributed by atoms with van der Waals surface area (Å²) in [5, 5.41) is 7.42. The molecule has 0 heterocycles. The van der Waals surface area contributed by atoms with E-state index in [1.54, 1.807) is 26.2 Å². The Morgan fingerprint density at radius 2 is 1.75 bits per heavy atom. The van der Waals surface area contributed by atoms with Gasteiger partial charge in [0.1, 0.15) is 0 Å². The summed E-state index contributed by atoms with van der Waals surface area (Å²) >= 11 is 0. The van der Waals surface area contributed by atoms with Crippen molar-refractivity contribution in [2.45, 2.75) is 6.18 Å². The van der Waals surface area contributed by atoms with Gasteiger partial charge >= 0.3 is 6.18 Å². The monoisotopic (exact) mass is 335 g/mol. The number of hydrogen-bond acceptors (Lipinski definition) is 3. The van der Waals surface area contributed by atoms with Crippen LogP contribution in [-0.4, -0.2) is 31.1 Å². The molecule has 0 aliphatic heterocycles. The molecule has 2 aromatic rings. The van der Waals surface area contributed by atoms with Gasteiger partial charge in [0, 0.05) is 37.1 Å². The number of alkyl halides is 3. The summed E-state index contributed by atoms with van der Waals surface area (Å²) in [6.07, 6.45) is -3.62. The van der Waals surface area contributed by atoms with Crippen LogP contribution in [0, 0.1) is 5.41 Å². The molecular weight excluding hydrogens is 319 g/mol. The quantitative estimate of drug-likeness (QED) is 0.664. The molecule has 2 rings (SSSR count). The fourth-order valence-electron chi connectivity index (χ4n) is 2.29. The second-order valence-electron chi connectivity index (χ2n) is 5.45. The first kappa shape index (κ1) is 17.5. The maximum absolute atomic E-state index is 13.0. The molecule has 0 unspecified atom stereocenters. The lowest BCUT2D eigenvalue weighted by atomic mass is 9.95. The standard InChI is InChI=1S/C17H16F3N3O/c1-23(2)16(24)11-5-3-10(4-6-11)13-7-12(17(18,19)20)8-15(22)14(13)9-21/h3-9,21H,22H2,1-2H3. The number of carbonyl (C=O) groups is 1. The van der Waals surface area contributed by atoms with Crippen molar-refractivity contribution >= 4 is 17.8 Å². The number of hydrogen-bond donors (Lipinski definition) is 2. The van der Waals surface area contributed by atoms with Gasteiger partial charge in [-0.3, -0.25) is 4.79 Å². The summed E-state index contributed by atoms with van der Waals surface area (Å²) in [5.74, 6) is -0.211. The van der Waals surface area contributed by atoms with Crippen molar-refractivity contribution in [3.63, 3.8) is 0 Å². The van der Waals surface area contributed by atoms with Crippen molar-refractivity contribution in [3.8, 4) is 11.1 Å². The second-order valence-corrected chi connectivity index (χ2v) is 5.45. The van der Waals surface area contributed by atoms with Crippen LogP contribution in [0.2, 0.25) is 0 Å². The lowest BCUT2D eigenvalue weighted by Crippen LogP contribution is -2.21. The summed E-state index contributed by atoms with van der Waals surface area (Å²) in [5.41, 5.74) is 5.93. The van der Waals surface area contributed by atoms with Crippen molar-refractivity contribution in [2.75, 3.05) is 19.8 Å². The molecule has 4 nitrogen and oxygen atoms in total. The highest BCUT2D eigenvalue weighted by molar-refractivity contribution is 5.97. The Morgan fingerprint density at radius 3 is 2.21 bits per heavy atom. The number of benzene rings is 2. The third kappa shape index (κ3) is 3.40. The molecule has 0 saturated heterocycles. The zero-order valence-electron chi connectivity index (χ0n) is 13.1. The van der Waals surface area contributed by atoms with Gasteiger partial charge < -0.3 is 16.0 Å². The maximum atomic E-state index is 13.0. The van der Waals surface area contributed by atoms with Gasteiger partial charge in [-0.05, 0) is 35.4 Å². The number of amides is 1. The maximum Gasteiger partial charge on any atom is 0.416 e. The minimum absolute atomic E-state index is 0.122. The van der Waals surface area contributed by atoms with Crippen molar-refractivity contribution in [3.05, 3.63) is 53.1 Å². The highest BCUT2D eigenvalue weighted by atomic mass is 19.4. The van der Waals surface area contributed by atoms with Crippen LogP contribution in [0.15, 0.2) is 36.4 Å². The normalized spacial score (nSPS) is 11.2. The average Bonchev–Trinajstić information content (AvgIpc) is 2.52. The third-order valence-corrected chi connectivity index (χ3v) is 3.53. The van der Waals surface area contributed by atoms with E-state index in [4.69, 9.17) is 11.1 Å². The molecule has 126 valence electrons. The summed E-state index contributed by atoms with van der Waals surface area (Å²) in [6.45, 7) is 0. The van der Waals surface area contributed by atoms with Gasteiger partial charge in [-0.15, -0.1) is 0 Å². The number of rotatable bonds is 3. The molecule has 1 amide bonds. The van der Waals surface area contributed by atoms with Crippen LogP contribution in [0.3, 0.4) is 0 Å². The molecule has 0 aliphatic carbocycles. The summed E-state index contributed by atoms with van der Waals surface area (Å²) in [6, 6.07) is 7.91. The zero-order chi connectivity index (χ0) is 18.1. The van der Waals surface area contributed by atoms with Gasteiger partial charge in [-0.1, -0.05) is 12.1 Å². The fourth-order valence-corrected chi connectivity index (χ4v) is 2.29. The first-order valence-corrected chi connectivity index (χ1v) is 6.98. The molecule has 0 bridgehead atoms. The van der Waals surface area contributed by atoms with E-state index in [0.717, 1.165) is 18.3 Å². The minimum atomic E-state index is -4.54. The Labute approximate surface area is 137 Å². The van der Waals surface area contributed by atoms with Crippen LogP contribution in [0.1, 0.15) is 21.5 Å². The van der Waals surface area contributed by atoms with Gasteiger partial charge in [-0.2, -0.15) is 13.2 Å². The van der Waals surface area contributed by atoms with Crippen LogP contribution in [0.5, 0.6) is 0 Å². The molecule has 2 aromatic carbocycles. The topological polar surface area (TPSA) is 70.2 Å². The van der Waals surface area contributed by atoms with Crippen molar-refractivity contribution < 1.29 is 18.0 Å². The number of nitrogens with zero attached hydrogens (tertiary/aromatic N) is 1. The Bertz CT molecular complexity index is 781. The van der Waals surface area contributed by atoms with Gasteiger partial charge in [0.2, 0.25) is 0 Å². The van der Waals surface area contributed by atoms with E-state index in [1.165, 1.54) is 17.0 Å². The lowest BCUT2D eigenvalue weighted by molar-refractivity contribution is -0.137. The summed E-state index contributed by atoms with van der Waals surface area (Å²) in [4.78, 5) is 13.3. The van der Waals surface area contributed by atoms with Gasteiger partial charge in [0.25, 0.3) is 5.91 Å². The highest BCUT2D eigenvalue weighted by Gasteiger charge is 2.32. The van der Waals surface area contributed by atoms with E-state index in [-0.39, 0.29) is 22.7 Å². The molecule has 7 heteroatoms. The number of nitrogens with one attached hydrogen (secondary N) is 1. The van der Waals surface area contributed by atoms with Gasteiger partial charge in [-0.25, -0.2) is 0 Å². The van der Waals surface area contributed by atoms with Crippen LogP contribution in [0.25, 0.3) is 11.1 Å². The zero-order valence-corrected chi connectivity index (χ0v) is 13.1. The number of nitrogens with two attached hydrogens (primary N) is 1. The number of anilines is 1. The van der Waals surface area contributed by atoms with E-state index in [1.807, 2.05) is 0 Å². The molecule has 3 N–H and O–H groups in total. The lowest BCUT2D eigenvalue weighted by Gasteiger charge is -2.15. The molecule has 0 aliphatic rings. The second kappa shape index (κ2) is 6.35. The predicted molar refractivity (Wildman–Crippen MR) is 87.2 cm³/mol. The van der Waals surface area contributed by atoms with E-state index in [2.05, 4.69) is 0 Å². The molecule has 0 radical (unpaired) electrons. The third-order valence-electron chi connectivity index (χ3n) is 3.53. The largest absolute Gasteiger partial charge is 0.416 e. The smallest absolute Gasteiger partial charge is 0.398 e. The molecule has 0 saturated carbocycles. The van der Waals surface area contributed by atoms with Gasteiger partial charge in [0.05, 0.1) is 5.56 Å². The van der Waals surface area contributed by atoms with Gasteiger partial charge in [0.15, 0.2) is 0 Å². The van der Waals surface area contributed by atoms with Crippen molar-refractivity contribution in [2.24, 2.45) is 0 Å². The molecule has 0 atom stereocenters. The Balaban J connectivity index is 2.57. The fraction of sp³-hybridized carbons (Fsp3) is 0.176. The highest BCUT2D eigenvalue weighted by Crippen LogP contribution is 2.36. The summed E-state index contributed by atoms with van der Waals surface area (Å²) < 4.78 is 39.0. The average molecular weight is 335 g/mol. The van der Waals surface area contributed by atoms with E-state index in [9.17, 15) is 18.0 Å². The van der Waals surface area contributed by atoms with Crippen LogP contribution in [0.4, 0.5) is 18.9 Å².